The SMILES string of the molecule is CCOC(=O)c1c(NC(=O)COC(=O)/C=C/c2ccc(-c3ccccc3)s2)oc(C)c1C(C)=O. The van der Waals surface area contributed by atoms with Crippen molar-refractivity contribution < 1.29 is 33.1 Å². The predicted molar refractivity (Wildman–Crippen MR) is 128 cm³/mol. The van der Waals surface area contributed by atoms with Gasteiger partial charge in [0.05, 0.1) is 12.2 Å². The molecule has 0 aliphatic rings. The van der Waals surface area contributed by atoms with Gasteiger partial charge in [-0.25, -0.2) is 9.59 Å². The van der Waals surface area contributed by atoms with Gasteiger partial charge in [0.15, 0.2) is 12.4 Å². The van der Waals surface area contributed by atoms with Crippen molar-refractivity contribution in [3.8, 4) is 10.4 Å². The van der Waals surface area contributed by atoms with Crippen LogP contribution in [0.25, 0.3) is 16.5 Å². The molecule has 1 N–H and O–H groups in total. The number of rotatable bonds is 9. The van der Waals surface area contributed by atoms with Crippen LogP contribution in [0.15, 0.2) is 53.0 Å². The van der Waals surface area contributed by atoms with Crippen molar-refractivity contribution in [1.29, 1.82) is 0 Å². The van der Waals surface area contributed by atoms with E-state index in [9.17, 15) is 19.2 Å². The summed E-state index contributed by atoms with van der Waals surface area (Å²) in [5.74, 6) is -2.73. The van der Waals surface area contributed by atoms with E-state index in [1.807, 2.05) is 42.5 Å². The molecule has 3 rings (SSSR count). The Morgan fingerprint density at radius 1 is 1.03 bits per heavy atom. The average molecular weight is 482 g/mol. The number of ether oxygens (including phenoxy) is 2. The summed E-state index contributed by atoms with van der Waals surface area (Å²) < 4.78 is 15.3. The van der Waals surface area contributed by atoms with Gasteiger partial charge in [0.2, 0.25) is 5.88 Å². The molecular weight excluding hydrogens is 458 g/mol. The van der Waals surface area contributed by atoms with Crippen molar-refractivity contribution in [3.63, 3.8) is 0 Å². The summed E-state index contributed by atoms with van der Waals surface area (Å²) in [5.41, 5.74) is 0.938. The number of furan rings is 1. The van der Waals surface area contributed by atoms with Crippen LogP contribution in [0.5, 0.6) is 0 Å². The van der Waals surface area contributed by atoms with Crippen molar-refractivity contribution in [2.24, 2.45) is 0 Å². The van der Waals surface area contributed by atoms with Crippen LogP contribution < -0.4 is 5.32 Å². The normalized spacial score (nSPS) is 10.8. The second-order valence-corrected chi connectivity index (χ2v) is 8.19. The van der Waals surface area contributed by atoms with Gasteiger partial charge in [-0.05, 0) is 44.5 Å². The molecule has 0 saturated heterocycles. The summed E-state index contributed by atoms with van der Waals surface area (Å²) in [6.45, 7) is 3.85. The molecule has 3 aromatic rings. The van der Waals surface area contributed by atoms with Gasteiger partial charge in [-0.15, -0.1) is 11.3 Å². The first kappa shape index (κ1) is 24.7. The molecule has 2 heterocycles. The zero-order chi connectivity index (χ0) is 24.7. The molecule has 0 atom stereocenters. The molecule has 176 valence electrons. The van der Waals surface area contributed by atoms with E-state index in [0.717, 1.165) is 15.3 Å². The number of benzene rings is 1. The number of thiophene rings is 1. The molecule has 0 radical (unpaired) electrons. The van der Waals surface area contributed by atoms with Crippen LogP contribution in [0.1, 0.15) is 45.2 Å². The lowest BCUT2D eigenvalue weighted by atomic mass is 10.1. The van der Waals surface area contributed by atoms with Gasteiger partial charge in [0.25, 0.3) is 5.91 Å². The van der Waals surface area contributed by atoms with Crippen molar-refractivity contribution in [2.75, 3.05) is 18.5 Å². The number of hydrogen-bond acceptors (Lipinski definition) is 8. The Morgan fingerprint density at radius 2 is 1.76 bits per heavy atom. The molecule has 0 aliphatic carbocycles. The van der Waals surface area contributed by atoms with E-state index in [0.29, 0.717) is 0 Å². The molecule has 9 heteroatoms. The first-order chi connectivity index (χ1) is 16.3. The number of esters is 2. The quantitative estimate of drug-likeness (QED) is 0.263. The Hall–Kier alpha value is -3.98. The van der Waals surface area contributed by atoms with E-state index in [1.165, 1.54) is 31.3 Å². The second kappa shape index (κ2) is 11.2. The minimum atomic E-state index is -0.800. The van der Waals surface area contributed by atoms with E-state index >= 15 is 0 Å². The lowest BCUT2D eigenvalue weighted by Crippen LogP contribution is -2.21. The number of nitrogens with one attached hydrogen (secondary N) is 1. The molecule has 2 aromatic heterocycles. The monoisotopic (exact) mass is 481 g/mol. The molecule has 8 nitrogen and oxygen atoms in total. The standard InChI is InChI=1S/C25H23NO7S/c1-4-31-25(30)23-22(15(2)27)16(3)33-24(23)26-20(28)14-32-21(29)13-11-18-10-12-19(34-18)17-8-6-5-7-9-17/h5-13H,4,14H2,1-3H3,(H,26,28)/b13-11+. The molecule has 1 aromatic carbocycles. The van der Waals surface area contributed by atoms with Crippen molar-refractivity contribution in [1.82, 2.24) is 0 Å². The summed E-state index contributed by atoms with van der Waals surface area (Å²) in [7, 11) is 0. The van der Waals surface area contributed by atoms with E-state index in [4.69, 9.17) is 13.9 Å². The molecule has 0 aliphatic heterocycles. The van der Waals surface area contributed by atoms with Crippen LogP contribution >= 0.6 is 11.3 Å². The minimum Gasteiger partial charge on any atom is -0.462 e. The zero-order valence-electron chi connectivity index (χ0n) is 18.9. The summed E-state index contributed by atoms with van der Waals surface area (Å²) in [4.78, 5) is 50.4. The number of Topliss-reactive ketones (excluding diaryl/α,β-unsaturated/α-hetero) is 1. The van der Waals surface area contributed by atoms with Crippen LogP contribution in [0, 0.1) is 6.92 Å². The number of hydrogen-bond donors (Lipinski definition) is 1. The largest absolute Gasteiger partial charge is 0.462 e. The highest BCUT2D eigenvalue weighted by Gasteiger charge is 2.28. The topological polar surface area (TPSA) is 112 Å². The van der Waals surface area contributed by atoms with Crippen molar-refractivity contribution in [3.05, 3.63) is 70.3 Å². The van der Waals surface area contributed by atoms with Gasteiger partial charge in [0.1, 0.15) is 11.3 Å². The van der Waals surface area contributed by atoms with Crippen LogP contribution in [-0.2, 0) is 19.1 Å². The zero-order valence-corrected chi connectivity index (χ0v) is 19.7. The highest BCUT2D eigenvalue weighted by atomic mass is 32.1. The van der Waals surface area contributed by atoms with E-state index < -0.39 is 30.2 Å². The number of amides is 1. The smallest absolute Gasteiger partial charge is 0.344 e. The maximum atomic E-state index is 12.3. The lowest BCUT2D eigenvalue weighted by Gasteiger charge is -2.06. The van der Waals surface area contributed by atoms with Gasteiger partial charge in [0, 0.05) is 15.8 Å². The number of aryl methyl sites for hydroxylation is 1. The summed E-state index contributed by atoms with van der Waals surface area (Å²) in [5, 5.41) is 2.36. The van der Waals surface area contributed by atoms with Crippen molar-refractivity contribution in [2.45, 2.75) is 20.8 Å². The van der Waals surface area contributed by atoms with Crippen LogP contribution in [0.4, 0.5) is 5.88 Å². The third-order valence-electron chi connectivity index (χ3n) is 4.58. The average Bonchev–Trinajstić information content (AvgIpc) is 3.41. The van der Waals surface area contributed by atoms with Gasteiger partial charge in [-0.1, -0.05) is 30.3 Å². The van der Waals surface area contributed by atoms with Gasteiger partial charge >= 0.3 is 11.9 Å². The fraction of sp³-hybridized carbons (Fsp3) is 0.200. The van der Waals surface area contributed by atoms with Gasteiger partial charge in [-0.2, -0.15) is 0 Å². The van der Waals surface area contributed by atoms with Crippen LogP contribution in [-0.4, -0.2) is 36.8 Å². The first-order valence-electron chi connectivity index (χ1n) is 10.4. The Morgan fingerprint density at radius 3 is 2.44 bits per heavy atom. The summed E-state index contributed by atoms with van der Waals surface area (Å²) in [6.07, 6.45) is 2.83. The molecule has 0 fully saturated rings. The highest BCUT2D eigenvalue weighted by Crippen LogP contribution is 2.29. The van der Waals surface area contributed by atoms with Gasteiger partial charge in [-0.3, -0.25) is 14.9 Å². The second-order valence-electron chi connectivity index (χ2n) is 7.07. The fourth-order valence-electron chi connectivity index (χ4n) is 3.15. The highest BCUT2D eigenvalue weighted by molar-refractivity contribution is 7.16. The summed E-state index contributed by atoms with van der Waals surface area (Å²) >= 11 is 1.51. The predicted octanol–water partition coefficient (Wildman–Crippen LogP) is 4.89. The molecule has 0 bridgehead atoms. The molecule has 0 saturated carbocycles. The third kappa shape index (κ3) is 6.08. The first-order valence-corrected chi connectivity index (χ1v) is 11.2. The number of ketones is 1. The molecule has 0 unspecified atom stereocenters. The number of carbonyl (C=O) groups excluding carboxylic acids is 4. The Balaban J connectivity index is 1.60. The van der Waals surface area contributed by atoms with Gasteiger partial charge < -0.3 is 13.9 Å². The Kier molecular flexibility index (Phi) is 8.15. The summed E-state index contributed by atoms with van der Waals surface area (Å²) in [6, 6.07) is 13.7. The third-order valence-corrected chi connectivity index (χ3v) is 5.68. The molecular formula is C25H23NO7S. The van der Waals surface area contributed by atoms with Crippen molar-refractivity contribution >= 4 is 46.9 Å². The Bertz CT molecular complexity index is 1240. The molecule has 34 heavy (non-hydrogen) atoms. The molecule has 0 spiro atoms. The maximum absolute atomic E-state index is 12.3. The Labute approximate surface area is 200 Å². The van der Waals surface area contributed by atoms with E-state index in [2.05, 4.69) is 5.32 Å². The lowest BCUT2D eigenvalue weighted by molar-refractivity contribution is -0.142. The fourth-order valence-corrected chi connectivity index (χ4v) is 4.07. The maximum Gasteiger partial charge on any atom is 0.344 e. The van der Waals surface area contributed by atoms with E-state index in [1.54, 1.807) is 13.0 Å². The molecule has 1 amide bonds. The number of carbonyl (C=O) groups is 4. The van der Waals surface area contributed by atoms with E-state index in [-0.39, 0.29) is 29.4 Å². The minimum absolute atomic E-state index is 0.0273. The van der Waals surface area contributed by atoms with Crippen LogP contribution in [0.3, 0.4) is 0 Å². The number of anilines is 1. The van der Waals surface area contributed by atoms with Crippen LogP contribution in [0.2, 0.25) is 0 Å².